The maximum absolute atomic E-state index is 11.4. The van der Waals surface area contributed by atoms with Gasteiger partial charge in [0.25, 0.3) is 0 Å². The summed E-state index contributed by atoms with van der Waals surface area (Å²) >= 11 is 0. The number of hydrogen-bond donors (Lipinski definition) is 1. The van der Waals surface area contributed by atoms with Gasteiger partial charge in [-0.05, 0) is 18.3 Å². The molecule has 0 aromatic heterocycles. The topological polar surface area (TPSA) is 29.1 Å². The molecule has 2 heteroatoms. The van der Waals surface area contributed by atoms with Crippen molar-refractivity contribution >= 4 is 5.91 Å². The van der Waals surface area contributed by atoms with E-state index in [4.69, 9.17) is 0 Å². The van der Waals surface area contributed by atoms with Crippen LogP contribution in [0.5, 0.6) is 0 Å². The lowest BCUT2D eigenvalue weighted by Crippen LogP contribution is -2.28. The minimum absolute atomic E-state index is 0.214. The third-order valence-electron chi connectivity index (χ3n) is 2.69. The van der Waals surface area contributed by atoms with Gasteiger partial charge in [0, 0.05) is 13.0 Å². The van der Waals surface area contributed by atoms with Crippen LogP contribution in [0, 0.1) is 11.8 Å². The van der Waals surface area contributed by atoms with Gasteiger partial charge in [-0.1, -0.05) is 40.5 Å². The predicted molar refractivity (Wildman–Crippen MR) is 61.2 cm³/mol. The summed E-state index contributed by atoms with van der Waals surface area (Å²) in [6.07, 6.45) is 3.98. The van der Waals surface area contributed by atoms with E-state index in [9.17, 15) is 4.79 Å². The second-order valence-corrected chi connectivity index (χ2v) is 4.42. The highest BCUT2D eigenvalue weighted by Gasteiger charge is 2.06. The van der Waals surface area contributed by atoms with Gasteiger partial charge in [-0.2, -0.15) is 0 Å². The van der Waals surface area contributed by atoms with Crippen molar-refractivity contribution in [1.29, 1.82) is 0 Å². The Morgan fingerprint density at radius 1 is 1.21 bits per heavy atom. The van der Waals surface area contributed by atoms with E-state index in [0.717, 1.165) is 25.8 Å². The van der Waals surface area contributed by atoms with E-state index in [2.05, 4.69) is 33.0 Å². The molecule has 0 spiro atoms. The quantitative estimate of drug-likeness (QED) is 0.671. The maximum atomic E-state index is 11.4. The minimum atomic E-state index is 0.214. The standard InChI is InChI=1S/C12H25NO/c1-5-11(6-2)9-13-12(14)8-7-10(3)4/h10-11H,5-9H2,1-4H3,(H,13,14). The first-order chi connectivity index (χ1) is 6.60. The Labute approximate surface area is 88.5 Å². The molecular weight excluding hydrogens is 174 g/mol. The zero-order chi connectivity index (χ0) is 11.0. The normalized spacial score (nSPS) is 11.0. The maximum Gasteiger partial charge on any atom is 0.220 e. The fraction of sp³-hybridized carbons (Fsp3) is 0.917. The van der Waals surface area contributed by atoms with E-state index >= 15 is 0 Å². The van der Waals surface area contributed by atoms with Crippen molar-refractivity contribution in [2.75, 3.05) is 6.54 Å². The highest BCUT2D eigenvalue weighted by atomic mass is 16.1. The molecule has 1 amide bonds. The van der Waals surface area contributed by atoms with Crippen LogP contribution < -0.4 is 5.32 Å². The second kappa shape index (κ2) is 7.84. The molecule has 0 aliphatic heterocycles. The summed E-state index contributed by atoms with van der Waals surface area (Å²) in [5, 5.41) is 3.00. The van der Waals surface area contributed by atoms with Gasteiger partial charge in [0.15, 0.2) is 0 Å². The summed E-state index contributed by atoms with van der Waals surface area (Å²) in [6, 6.07) is 0. The van der Waals surface area contributed by atoms with Crippen LogP contribution in [0.4, 0.5) is 0 Å². The lowest BCUT2D eigenvalue weighted by molar-refractivity contribution is -0.121. The molecule has 0 saturated carbocycles. The lowest BCUT2D eigenvalue weighted by atomic mass is 10.0. The summed E-state index contributed by atoms with van der Waals surface area (Å²) in [7, 11) is 0. The Morgan fingerprint density at radius 3 is 2.21 bits per heavy atom. The molecule has 0 saturated heterocycles. The third-order valence-corrected chi connectivity index (χ3v) is 2.69. The van der Waals surface area contributed by atoms with Crippen molar-refractivity contribution < 1.29 is 4.79 Å². The van der Waals surface area contributed by atoms with E-state index in [1.807, 2.05) is 0 Å². The Hall–Kier alpha value is -0.530. The lowest BCUT2D eigenvalue weighted by Gasteiger charge is -2.13. The highest BCUT2D eigenvalue weighted by Crippen LogP contribution is 2.06. The van der Waals surface area contributed by atoms with E-state index in [-0.39, 0.29) is 5.91 Å². The molecule has 0 heterocycles. The van der Waals surface area contributed by atoms with Crippen molar-refractivity contribution in [1.82, 2.24) is 5.32 Å². The Balaban J connectivity index is 3.52. The van der Waals surface area contributed by atoms with Crippen molar-refractivity contribution in [3.05, 3.63) is 0 Å². The molecule has 1 N–H and O–H groups in total. The van der Waals surface area contributed by atoms with Gasteiger partial charge in [0.05, 0.1) is 0 Å². The van der Waals surface area contributed by atoms with Crippen molar-refractivity contribution in [2.24, 2.45) is 11.8 Å². The number of hydrogen-bond acceptors (Lipinski definition) is 1. The van der Waals surface area contributed by atoms with Gasteiger partial charge in [-0.25, -0.2) is 0 Å². The largest absolute Gasteiger partial charge is 0.356 e. The number of amides is 1. The molecule has 0 radical (unpaired) electrons. The third kappa shape index (κ3) is 6.93. The number of carbonyl (C=O) groups is 1. The van der Waals surface area contributed by atoms with Crippen LogP contribution in [0.2, 0.25) is 0 Å². The first-order valence-corrected chi connectivity index (χ1v) is 5.86. The molecule has 0 aromatic carbocycles. The molecule has 2 nitrogen and oxygen atoms in total. The highest BCUT2D eigenvalue weighted by molar-refractivity contribution is 5.75. The molecule has 0 aliphatic rings. The molecule has 0 aromatic rings. The van der Waals surface area contributed by atoms with Gasteiger partial charge in [0.2, 0.25) is 5.91 Å². The summed E-state index contributed by atoms with van der Waals surface area (Å²) in [4.78, 5) is 11.4. The molecule has 0 unspecified atom stereocenters. The van der Waals surface area contributed by atoms with Gasteiger partial charge in [-0.15, -0.1) is 0 Å². The average Bonchev–Trinajstić information content (AvgIpc) is 2.16. The minimum Gasteiger partial charge on any atom is -0.356 e. The van der Waals surface area contributed by atoms with Crippen molar-refractivity contribution in [3.63, 3.8) is 0 Å². The van der Waals surface area contributed by atoms with Crippen LogP contribution in [0.25, 0.3) is 0 Å². The van der Waals surface area contributed by atoms with Crippen LogP contribution in [0.1, 0.15) is 53.4 Å². The predicted octanol–water partition coefficient (Wildman–Crippen LogP) is 2.98. The molecule has 0 aliphatic carbocycles. The molecule has 0 atom stereocenters. The fourth-order valence-electron chi connectivity index (χ4n) is 1.34. The average molecular weight is 199 g/mol. The number of rotatable bonds is 7. The van der Waals surface area contributed by atoms with Crippen LogP contribution in [-0.4, -0.2) is 12.5 Å². The van der Waals surface area contributed by atoms with Crippen LogP contribution in [0.15, 0.2) is 0 Å². The summed E-state index contributed by atoms with van der Waals surface area (Å²) < 4.78 is 0. The number of nitrogens with one attached hydrogen (secondary N) is 1. The first-order valence-electron chi connectivity index (χ1n) is 5.86. The van der Waals surface area contributed by atoms with Crippen LogP contribution in [0.3, 0.4) is 0 Å². The molecule has 0 rings (SSSR count). The molecule has 0 bridgehead atoms. The van der Waals surface area contributed by atoms with Crippen LogP contribution >= 0.6 is 0 Å². The van der Waals surface area contributed by atoms with E-state index in [1.165, 1.54) is 0 Å². The van der Waals surface area contributed by atoms with Crippen molar-refractivity contribution in [2.45, 2.75) is 53.4 Å². The van der Waals surface area contributed by atoms with E-state index < -0.39 is 0 Å². The summed E-state index contributed by atoms with van der Waals surface area (Å²) in [5.41, 5.74) is 0. The first kappa shape index (κ1) is 13.5. The molecule has 14 heavy (non-hydrogen) atoms. The Morgan fingerprint density at radius 2 is 1.79 bits per heavy atom. The molecule has 0 fully saturated rings. The summed E-state index contributed by atoms with van der Waals surface area (Å²) in [6.45, 7) is 9.50. The van der Waals surface area contributed by atoms with Gasteiger partial charge < -0.3 is 5.32 Å². The smallest absolute Gasteiger partial charge is 0.220 e. The summed E-state index contributed by atoms with van der Waals surface area (Å²) in [5.74, 6) is 1.48. The van der Waals surface area contributed by atoms with Gasteiger partial charge in [-0.3, -0.25) is 4.79 Å². The zero-order valence-corrected chi connectivity index (χ0v) is 10.1. The van der Waals surface area contributed by atoms with Crippen molar-refractivity contribution in [3.8, 4) is 0 Å². The Kier molecular flexibility index (Phi) is 7.54. The Bertz CT molecular complexity index is 150. The number of carbonyl (C=O) groups excluding carboxylic acids is 1. The molecule has 84 valence electrons. The van der Waals surface area contributed by atoms with E-state index in [0.29, 0.717) is 18.3 Å². The molecular formula is C12H25NO. The van der Waals surface area contributed by atoms with Gasteiger partial charge in [0.1, 0.15) is 0 Å². The second-order valence-electron chi connectivity index (χ2n) is 4.42. The monoisotopic (exact) mass is 199 g/mol. The van der Waals surface area contributed by atoms with Crippen LogP contribution in [-0.2, 0) is 4.79 Å². The van der Waals surface area contributed by atoms with Gasteiger partial charge >= 0.3 is 0 Å². The zero-order valence-electron chi connectivity index (χ0n) is 10.1. The SMILES string of the molecule is CCC(CC)CNC(=O)CCC(C)C. The van der Waals surface area contributed by atoms with E-state index in [1.54, 1.807) is 0 Å². The fourth-order valence-corrected chi connectivity index (χ4v) is 1.34.